The van der Waals surface area contributed by atoms with Crippen molar-refractivity contribution >= 4 is 41.3 Å². The van der Waals surface area contributed by atoms with Crippen LogP contribution in [0.25, 0.3) is 0 Å². The summed E-state index contributed by atoms with van der Waals surface area (Å²) in [5.41, 5.74) is 1.56. The molecule has 1 heterocycles. The summed E-state index contributed by atoms with van der Waals surface area (Å²) in [6.07, 6.45) is -3.99. The highest BCUT2D eigenvalue weighted by Crippen LogP contribution is 2.30. The largest absolute Gasteiger partial charge is 0.434 e. The number of hydrogen-bond donors (Lipinski definition) is 2. The number of hydrogen-bond acceptors (Lipinski definition) is 4. The molecular weight excluding hydrogens is 526 g/mol. The van der Waals surface area contributed by atoms with Gasteiger partial charge in [0, 0.05) is 24.9 Å². The number of benzene rings is 1. The summed E-state index contributed by atoms with van der Waals surface area (Å²) >= 11 is 1.02. The van der Waals surface area contributed by atoms with E-state index in [9.17, 15) is 13.2 Å². The van der Waals surface area contributed by atoms with Crippen molar-refractivity contribution in [1.29, 1.82) is 0 Å². The van der Waals surface area contributed by atoms with E-state index >= 15 is 0 Å². The molecule has 1 unspecified atom stereocenters. The highest BCUT2D eigenvalue weighted by Gasteiger charge is 2.33. The second-order valence-electron chi connectivity index (χ2n) is 6.91. The molecule has 2 rings (SSSR count). The number of nitrogens with zero attached hydrogens (tertiary/aromatic N) is 3. The first-order chi connectivity index (χ1) is 13.7. The third kappa shape index (κ3) is 8.38. The van der Waals surface area contributed by atoms with Crippen LogP contribution in [0.15, 0.2) is 34.6 Å². The van der Waals surface area contributed by atoms with Crippen LogP contribution in [0.3, 0.4) is 0 Å². The summed E-state index contributed by atoms with van der Waals surface area (Å²) in [4.78, 5) is 10.4. The van der Waals surface area contributed by atoms with Crippen LogP contribution in [0.1, 0.15) is 34.8 Å². The zero-order valence-electron chi connectivity index (χ0n) is 17.6. The van der Waals surface area contributed by atoms with Crippen LogP contribution >= 0.6 is 35.3 Å². The van der Waals surface area contributed by atoms with Crippen LogP contribution < -0.4 is 10.6 Å². The van der Waals surface area contributed by atoms with Gasteiger partial charge in [-0.15, -0.1) is 35.3 Å². The molecule has 0 bridgehead atoms. The van der Waals surface area contributed by atoms with Crippen LogP contribution in [0.4, 0.5) is 13.2 Å². The van der Waals surface area contributed by atoms with Gasteiger partial charge in [-0.3, -0.25) is 4.99 Å². The van der Waals surface area contributed by atoms with E-state index in [4.69, 9.17) is 0 Å². The Morgan fingerprint density at radius 1 is 1.20 bits per heavy atom. The first-order valence-electron chi connectivity index (χ1n) is 9.47. The number of aryl methyl sites for hydroxylation is 1. The van der Waals surface area contributed by atoms with E-state index in [2.05, 4.69) is 56.7 Å². The number of aliphatic imine (C=N–C) groups is 1. The van der Waals surface area contributed by atoms with Gasteiger partial charge in [-0.1, -0.05) is 29.8 Å². The fraction of sp³-hybridized carbons (Fsp3) is 0.500. The molecule has 1 atom stereocenters. The normalized spacial score (nSPS) is 13.1. The lowest BCUT2D eigenvalue weighted by atomic mass is 10.0. The number of rotatable bonds is 8. The molecule has 0 aliphatic heterocycles. The Morgan fingerprint density at radius 2 is 1.87 bits per heavy atom. The molecule has 0 amide bonds. The highest BCUT2D eigenvalue weighted by atomic mass is 127. The van der Waals surface area contributed by atoms with E-state index in [0.29, 0.717) is 37.0 Å². The summed E-state index contributed by atoms with van der Waals surface area (Å²) < 4.78 is 38.0. The fourth-order valence-electron chi connectivity index (χ4n) is 2.72. The van der Waals surface area contributed by atoms with Crippen LogP contribution in [0, 0.1) is 6.92 Å². The van der Waals surface area contributed by atoms with Crippen LogP contribution in [0.2, 0.25) is 0 Å². The predicted octanol–water partition coefficient (Wildman–Crippen LogP) is 4.49. The van der Waals surface area contributed by atoms with Gasteiger partial charge in [-0.25, -0.2) is 4.98 Å². The van der Waals surface area contributed by atoms with Crippen molar-refractivity contribution in [1.82, 2.24) is 20.5 Å². The zero-order chi connectivity index (χ0) is 21.4. The average molecular weight is 555 g/mol. The molecule has 168 valence electrons. The van der Waals surface area contributed by atoms with Crippen molar-refractivity contribution < 1.29 is 13.2 Å². The zero-order valence-corrected chi connectivity index (χ0v) is 20.7. The molecule has 30 heavy (non-hydrogen) atoms. The molecule has 5 nitrogen and oxygen atoms in total. The van der Waals surface area contributed by atoms with Crippen molar-refractivity contribution in [2.75, 3.05) is 33.7 Å². The summed E-state index contributed by atoms with van der Waals surface area (Å²) in [7, 11) is 4.03. The van der Waals surface area contributed by atoms with Gasteiger partial charge in [0.15, 0.2) is 11.7 Å². The monoisotopic (exact) mass is 555 g/mol. The molecule has 0 saturated carbocycles. The third-order valence-electron chi connectivity index (χ3n) is 4.33. The fourth-order valence-corrected chi connectivity index (χ4v) is 3.52. The van der Waals surface area contributed by atoms with Gasteiger partial charge in [0.2, 0.25) is 0 Å². The number of alkyl halides is 3. The Kier molecular flexibility index (Phi) is 11.1. The molecule has 0 spiro atoms. The molecule has 1 aromatic heterocycles. The maximum Gasteiger partial charge on any atom is 0.434 e. The third-order valence-corrected chi connectivity index (χ3v) is 5.23. The smallest absolute Gasteiger partial charge is 0.357 e. The lowest BCUT2D eigenvalue weighted by Gasteiger charge is -2.24. The SMILES string of the molecule is CCNC(=NCC(c1ccc(C)cc1)N(C)C)NCCc1nc(C(F)(F)F)cs1.I. The molecule has 2 N–H and O–H groups in total. The highest BCUT2D eigenvalue weighted by molar-refractivity contribution is 14.0. The van der Waals surface area contributed by atoms with Gasteiger partial charge in [0.05, 0.1) is 17.6 Å². The summed E-state index contributed by atoms with van der Waals surface area (Å²) in [5.74, 6) is 0.638. The number of nitrogens with one attached hydrogen (secondary N) is 2. The van der Waals surface area contributed by atoms with Crippen molar-refractivity contribution in [3.8, 4) is 0 Å². The molecule has 1 aromatic carbocycles. The van der Waals surface area contributed by atoms with Crippen LogP contribution in [-0.2, 0) is 12.6 Å². The van der Waals surface area contributed by atoms with Gasteiger partial charge >= 0.3 is 6.18 Å². The van der Waals surface area contributed by atoms with Gasteiger partial charge in [-0.2, -0.15) is 13.2 Å². The number of guanidine groups is 1. The summed E-state index contributed by atoms with van der Waals surface area (Å²) in [6.45, 7) is 5.73. The molecule has 0 aliphatic rings. The maximum atomic E-state index is 12.7. The summed E-state index contributed by atoms with van der Waals surface area (Å²) in [6, 6.07) is 8.51. The molecule has 10 heteroatoms. The molecule has 2 aromatic rings. The van der Waals surface area contributed by atoms with Crippen molar-refractivity contribution in [3.05, 3.63) is 51.5 Å². The number of likely N-dealkylation sites (N-methyl/N-ethyl adjacent to an activating group) is 1. The van der Waals surface area contributed by atoms with Crippen LogP contribution in [-0.4, -0.2) is 49.6 Å². The minimum absolute atomic E-state index is 0. The molecule has 0 aliphatic carbocycles. The number of thiazole rings is 1. The van der Waals surface area contributed by atoms with Gasteiger partial charge < -0.3 is 15.5 Å². The van der Waals surface area contributed by atoms with Crippen molar-refractivity contribution in [2.45, 2.75) is 32.5 Å². The Hall–Kier alpha value is -1.40. The van der Waals surface area contributed by atoms with E-state index in [1.165, 1.54) is 11.1 Å². The Bertz CT molecular complexity index is 790. The second-order valence-corrected chi connectivity index (χ2v) is 7.85. The Labute approximate surface area is 197 Å². The minimum Gasteiger partial charge on any atom is -0.357 e. The van der Waals surface area contributed by atoms with Gasteiger partial charge in [0.1, 0.15) is 0 Å². The van der Waals surface area contributed by atoms with E-state index in [1.54, 1.807) is 0 Å². The van der Waals surface area contributed by atoms with E-state index in [-0.39, 0.29) is 30.0 Å². The van der Waals surface area contributed by atoms with E-state index in [0.717, 1.165) is 16.7 Å². The molecule has 0 fully saturated rings. The first-order valence-corrected chi connectivity index (χ1v) is 10.4. The lowest BCUT2D eigenvalue weighted by Crippen LogP contribution is -2.39. The van der Waals surface area contributed by atoms with Crippen molar-refractivity contribution in [2.24, 2.45) is 4.99 Å². The van der Waals surface area contributed by atoms with Crippen molar-refractivity contribution in [3.63, 3.8) is 0 Å². The average Bonchev–Trinajstić information content (AvgIpc) is 3.12. The van der Waals surface area contributed by atoms with E-state index in [1.807, 2.05) is 21.0 Å². The minimum atomic E-state index is -4.39. The molecule has 0 saturated heterocycles. The first kappa shape index (κ1) is 26.6. The predicted molar refractivity (Wildman–Crippen MR) is 128 cm³/mol. The molecular formula is C20H29F3IN5S. The van der Waals surface area contributed by atoms with Crippen LogP contribution in [0.5, 0.6) is 0 Å². The topological polar surface area (TPSA) is 52.6 Å². The van der Waals surface area contributed by atoms with Gasteiger partial charge in [-0.05, 0) is 33.5 Å². The van der Waals surface area contributed by atoms with Gasteiger partial charge in [0.25, 0.3) is 0 Å². The lowest BCUT2D eigenvalue weighted by molar-refractivity contribution is -0.140. The Morgan fingerprint density at radius 3 is 2.40 bits per heavy atom. The maximum absolute atomic E-state index is 12.7. The summed E-state index contributed by atoms with van der Waals surface area (Å²) in [5, 5.41) is 7.86. The second kappa shape index (κ2) is 12.5. The standard InChI is InChI=1S/C20H28F3N5S.HI/c1-5-24-19(25-11-10-18-27-17(13-29-18)20(21,22)23)26-12-16(28(3)4)15-8-6-14(2)7-9-15;/h6-9,13,16H,5,10-12H2,1-4H3,(H2,24,25,26);1H. The quantitative estimate of drug-likeness (QED) is 0.287. The van der Waals surface area contributed by atoms with E-state index < -0.39 is 11.9 Å². The number of halogens is 4. The number of aromatic nitrogens is 1. The molecule has 0 radical (unpaired) electrons. The Balaban J connectivity index is 0.00000450.